The van der Waals surface area contributed by atoms with Gasteiger partial charge in [0.25, 0.3) is 0 Å². The number of hydrogen-bond acceptors (Lipinski definition) is 5. The number of aliphatic imine (C=N–C) groups is 1. The molecule has 0 heterocycles. The highest BCUT2D eigenvalue weighted by Gasteiger charge is 2.24. The average molecular weight is 432 g/mol. The molecular formula is C24H37N3O4. The van der Waals surface area contributed by atoms with E-state index in [1.165, 1.54) is 19.3 Å². The highest BCUT2D eigenvalue weighted by molar-refractivity contribution is 5.98. The lowest BCUT2D eigenvalue weighted by molar-refractivity contribution is -0.122. The quantitative estimate of drug-likeness (QED) is 0.435. The molecule has 3 N–H and O–H groups in total. The summed E-state index contributed by atoms with van der Waals surface area (Å²) in [5.41, 5.74) is 6.76. The first kappa shape index (κ1) is 24.7. The van der Waals surface area contributed by atoms with Crippen molar-refractivity contribution >= 4 is 17.6 Å². The average Bonchev–Trinajstić information content (AvgIpc) is 2.73. The predicted octanol–water partition coefficient (Wildman–Crippen LogP) is 3.63. The molecule has 0 aromatic heterocycles. The Labute approximate surface area is 185 Å². The zero-order valence-electron chi connectivity index (χ0n) is 19.3. The lowest BCUT2D eigenvalue weighted by Gasteiger charge is -2.23. The lowest BCUT2D eigenvalue weighted by atomic mass is 9.84. The fourth-order valence-electron chi connectivity index (χ4n) is 4.08. The van der Waals surface area contributed by atoms with Gasteiger partial charge in [-0.25, -0.2) is 4.99 Å². The number of ketones is 1. The first-order valence-corrected chi connectivity index (χ1v) is 11.2. The number of ether oxygens (including phenoxy) is 2. The maximum Gasteiger partial charge on any atom is 0.231 e. The van der Waals surface area contributed by atoms with Crippen LogP contribution < -0.4 is 20.5 Å². The molecule has 0 saturated heterocycles. The molecule has 1 fully saturated rings. The molecule has 1 aliphatic rings. The highest BCUT2D eigenvalue weighted by atomic mass is 16.5. The number of hydrogen-bond donors (Lipinski definition) is 2. The van der Waals surface area contributed by atoms with Gasteiger partial charge in [0.05, 0.1) is 20.6 Å². The van der Waals surface area contributed by atoms with E-state index in [-0.39, 0.29) is 24.1 Å². The zero-order chi connectivity index (χ0) is 22.8. The van der Waals surface area contributed by atoms with Crippen molar-refractivity contribution in [1.29, 1.82) is 0 Å². The molecule has 172 valence electrons. The van der Waals surface area contributed by atoms with Crippen molar-refractivity contribution in [2.75, 3.05) is 14.2 Å². The van der Waals surface area contributed by atoms with Crippen LogP contribution in [0.1, 0.15) is 64.4 Å². The Bertz CT molecular complexity index is 770. The van der Waals surface area contributed by atoms with Gasteiger partial charge >= 0.3 is 0 Å². The summed E-state index contributed by atoms with van der Waals surface area (Å²) in [6.07, 6.45) is 7.17. The molecule has 0 unspecified atom stereocenters. The fourth-order valence-corrected chi connectivity index (χ4v) is 4.08. The summed E-state index contributed by atoms with van der Waals surface area (Å²) < 4.78 is 10.5. The molecular weight excluding hydrogens is 394 g/mol. The van der Waals surface area contributed by atoms with Crippen LogP contribution >= 0.6 is 0 Å². The Morgan fingerprint density at radius 2 is 1.81 bits per heavy atom. The molecule has 0 bridgehead atoms. The number of methoxy groups -OCH3 is 2. The van der Waals surface area contributed by atoms with E-state index in [2.05, 4.69) is 24.2 Å². The second-order valence-corrected chi connectivity index (χ2v) is 8.75. The van der Waals surface area contributed by atoms with E-state index in [9.17, 15) is 9.59 Å². The van der Waals surface area contributed by atoms with Gasteiger partial charge in [-0.3, -0.25) is 14.9 Å². The van der Waals surface area contributed by atoms with Gasteiger partial charge in [0.2, 0.25) is 5.91 Å². The predicted molar refractivity (Wildman–Crippen MR) is 122 cm³/mol. The van der Waals surface area contributed by atoms with E-state index in [1.54, 1.807) is 32.4 Å². The number of carbonyl (C=O) groups is 2. The second-order valence-electron chi connectivity index (χ2n) is 8.75. The van der Waals surface area contributed by atoms with Crippen molar-refractivity contribution in [1.82, 2.24) is 5.32 Å². The van der Waals surface area contributed by atoms with Crippen LogP contribution in [0.25, 0.3) is 0 Å². The van der Waals surface area contributed by atoms with Crippen molar-refractivity contribution in [2.24, 2.45) is 22.6 Å². The smallest absolute Gasteiger partial charge is 0.231 e. The third-order valence-corrected chi connectivity index (χ3v) is 5.66. The van der Waals surface area contributed by atoms with E-state index in [0.29, 0.717) is 36.2 Å². The van der Waals surface area contributed by atoms with Crippen LogP contribution in [0.3, 0.4) is 0 Å². The molecule has 1 aliphatic carbocycles. The lowest BCUT2D eigenvalue weighted by Crippen LogP contribution is -2.40. The monoisotopic (exact) mass is 431 g/mol. The molecule has 31 heavy (non-hydrogen) atoms. The number of carbonyl (C=O) groups excluding carboxylic acids is 2. The number of nitrogens with one attached hydrogen (secondary N) is 1. The summed E-state index contributed by atoms with van der Waals surface area (Å²) in [5, 5.41) is 2.62. The Morgan fingerprint density at radius 1 is 1.13 bits per heavy atom. The highest BCUT2D eigenvalue weighted by Crippen LogP contribution is 2.28. The van der Waals surface area contributed by atoms with Crippen LogP contribution in [0.15, 0.2) is 23.2 Å². The van der Waals surface area contributed by atoms with Gasteiger partial charge in [-0.05, 0) is 36.0 Å². The topological polar surface area (TPSA) is 103 Å². The Morgan fingerprint density at radius 3 is 2.42 bits per heavy atom. The van der Waals surface area contributed by atoms with Crippen LogP contribution in [-0.4, -0.2) is 37.9 Å². The van der Waals surface area contributed by atoms with Crippen molar-refractivity contribution < 1.29 is 19.1 Å². The molecule has 7 heteroatoms. The van der Waals surface area contributed by atoms with Gasteiger partial charge in [0, 0.05) is 6.42 Å². The van der Waals surface area contributed by atoms with Crippen molar-refractivity contribution in [2.45, 2.75) is 71.3 Å². The van der Waals surface area contributed by atoms with E-state index < -0.39 is 6.04 Å². The molecule has 1 amide bonds. The van der Waals surface area contributed by atoms with Gasteiger partial charge in [0.15, 0.2) is 23.2 Å². The molecule has 1 aromatic rings. The Kier molecular flexibility index (Phi) is 9.82. The summed E-state index contributed by atoms with van der Waals surface area (Å²) in [5.74, 6) is 1.73. The van der Waals surface area contributed by atoms with Gasteiger partial charge < -0.3 is 15.2 Å². The summed E-state index contributed by atoms with van der Waals surface area (Å²) in [6, 6.07) is 4.79. The molecule has 1 aromatic carbocycles. The van der Waals surface area contributed by atoms with E-state index >= 15 is 0 Å². The number of rotatable bonds is 10. The largest absolute Gasteiger partial charge is 0.493 e. The number of nitrogens with zero attached hydrogens (tertiary/aromatic N) is 1. The van der Waals surface area contributed by atoms with Crippen LogP contribution in [0.5, 0.6) is 11.5 Å². The van der Waals surface area contributed by atoms with Crippen LogP contribution in [0, 0.1) is 11.8 Å². The molecule has 1 atom stereocenters. The summed E-state index contributed by atoms with van der Waals surface area (Å²) in [7, 11) is 3.11. The minimum Gasteiger partial charge on any atom is -0.493 e. The first-order chi connectivity index (χ1) is 14.8. The maximum atomic E-state index is 12.9. The third-order valence-electron chi connectivity index (χ3n) is 5.66. The SMILES string of the molecule is COc1ccc(CC(=O)NC(N)=N[C@H](CC(C)C)C(=O)CC2CCCCC2)cc1OC. The van der Waals surface area contributed by atoms with Crippen LogP contribution in [0.2, 0.25) is 0 Å². The van der Waals surface area contributed by atoms with Crippen molar-refractivity contribution in [3.8, 4) is 11.5 Å². The minimum absolute atomic E-state index is 0.00637. The third kappa shape index (κ3) is 8.23. The Hall–Kier alpha value is -2.57. The van der Waals surface area contributed by atoms with Crippen LogP contribution in [-0.2, 0) is 16.0 Å². The summed E-state index contributed by atoms with van der Waals surface area (Å²) in [4.78, 5) is 29.7. The van der Waals surface area contributed by atoms with Crippen molar-refractivity contribution in [3.63, 3.8) is 0 Å². The van der Waals surface area contributed by atoms with E-state index in [1.807, 2.05) is 0 Å². The van der Waals surface area contributed by atoms with Gasteiger partial charge in [0.1, 0.15) is 6.04 Å². The minimum atomic E-state index is -0.511. The zero-order valence-corrected chi connectivity index (χ0v) is 19.3. The number of guanidine groups is 1. The number of nitrogens with two attached hydrogens (primary N) is 1. The standard InChI is InChI=1S/C24H37N3O4/c1-16(2)12-19(20(28)13-17-8-6-5-7-9-17)26-24(25)27-23(29)15-18-10-11-21(30-3)22(14-18)31-4/h10-11,14,16-17,19H,5-9,12-13,15H2,1-4H3,(H3,25,26,27,29)/t19-/m1/s1. The fraction of sp³-hybridized carbons (Fsp3) is 0.625. The normalized spacial score (nSPS) is 16.1. The summed E-state index contributed by atoms with van der Waals surface area (Å²) in [6.45, 7) is 4.12. The van der Waals surface area contributed by atoms with Gasteiger partial charge in [-0.1, -0.05) is 52.0 Å². The molecule has 1 saturated carbocycles. The van der Waals surface area contributed by atoms with Gasteiger partial charge in [-0.15, -0.1) is 0 Å². The maximum absolute atomic E-state index is 12.9. The molecule has 0 radical (unpaired) electrons. The first-order valence-electron chi connectivity index (χ1n) is 11.2. The van der Waals surface area contributed by atoms with Crippen LogP contribution in [0.4, 0.5) is 0 Å². The molecule has 0 aliphatic heterocycles. The summed E-state index contributed by atoms with van der Waals surface area (Å²) >= 11 is 0. The number of amides is 1. The van der Waals surface area contributed by atoms with Gasteiger partial charge in [-0.2, -0.15) is 0 Å². The van der Waals surface area contributed by atoms with E-state index in [0.717, 1.165) is 18.4 Å². The van der Waals surface area contributed by atoms with Crippen molar-refractivity contribution in [3.05, 3.63) is 23.8 Å². The van der Waals surface area contributed by atoms with E-state index in [4.69, 9.17) is 15.2 Å². The Balaban J connectivity index is 1.99. The number of benzene rings is 1. The molecule has 0 spiro atoms. The molecule has 7 nitrogen and oxygen atoms in total. The second kappa shape index (κ2) is 12.3. The number of Topliss-reactive ketones (excluding diaryl/α,β-unsaturated/α-hetero) is 1. The molecule has 2 rings (SSSR count).